The fourth-order valence-corrected chi connectivity index (χ4v) is 4.59. The van der Waals surface area contributed by atoms with Crippen molar-refractivity contribution in [2.24, 2.45) is 10.9 Å². The predicted octanol–water partition coefficient (Wildman–Crippen LogP) is 3.82. The van der Waals surface area contributed by atoms with Crippen molar-refractivity contribution in [1.29, 1.82) is 0 Å². The number of fused-ring (bicyclic) bond motifs is 1. The monoisotopic (exact) mass is 508 g/mol. The number of halogens is 1. The first kappa shape index (κ1) is 22.1. The Kier molecular flexibility index (Phi) is 7.91. The molecule has 2 aromatic rings. The standard InChI is InChI=1S/C22H32N6.HI/c1-3-23-22(24-15-21-26-25-20-11-7-8-13-28(20)21)27-14-12-19(17(2)16-27)18-9-5-4-6-10-18;/h4-6,9-10,17,19H,3,7-8,11-16H2,1-2H3,(H,23,24);1H. The molecule has 2 aliphatic heterocycles. The molecule has 1 saturated heterocycles. The van der Waals surface area contributed by atoms with Gasteiger partial charge in [0, 0.05) is 32.6 Å². The summed E-state index contributed by atoms with van der Waals surface area (Å²) < 4.78 is 2.26. The minimum Gasteiger partial charge on any atom is -0.357 e. The van der Waals surface area contributed by atoms with Gasteiger partial charge in [0.05, 0.1) is 0 Å². The van der Waals surface area contributed by atoms with E-state index in [0.29, 0.717) is 18.4 Å². The van der Waals surface area contributed by atoms with Crippen LogP contribution in [-0.4, -0.2) is 45.3 Å². The Labute approximate surface area is 191 Å². The molecule has 0 amide bonds. The Hall–Kier alpha value is -1.64. The third-order valence-electron chi connectivity index (χ3n) is 6.07. The van der Waals surface area contributed by atoms with Crippen LogP contribution in [0.1, 0.15) is 56.2 Å². The molecule has 0 bridgehead atoms. The first-order valence-electron chi connectivity index (χ1n) is 10.8. The number of guanidine groups is 1. The normalized spacial score (nSPS) is 22.0. The van der Waals surface area contributed by atoms with Gasteiger partial charge in [0.1, 0.15) is 12.4 Å². The highest BCUT2D eigenvalue weighted by Crippen LogP contribution is 2.32. The molecule has 1 aromatic heterocycles. The maximum absolute atomic E-state index is 4.93. The van der Waals surface area contributed by atoms with Gasteiger partial charge in [-0.3, -0.25) is 0 Å². The van der Waals surface area contributed by atoms with Gasteiger partial charge < -0.3 is 14.8 Å². The number of aromatic nitrogens is 3. The summed E-state index contributed by atoms with van der Waals surface area (Å²) in [4.78, 5) is 7.35. The first-order chi connectivity index (χ1) is 13.8. The van der Waals surface area contributed by atoms with Gasteiger partial charge in [-0.2, -0.15) is 0 Å². The van der Waals surface area contributed by atoms with Crippen molar-refractivity contribution in [3.8, 4) is 0 Å². The first-order valence-corrected chi connectivity index (χ1v) is 10.8. The second-order valence-corrected chi connectivity index (χ2v) is 8.04. The molecule has 0 aliphatic carbocycles. The van der Waals surface area contributed by atoms with Gasteiger partial charge in [-0.05, 0) is 43.6 Å². The molecule has 2 atom stereocenters. The number of likely N-dealkylation sites (tertiary alicyclic amines) is 1. The molecule has 6 nitrogen and oxygen atoms in total. The third-order valence-corrected chi connectivity index (χ3v) is 6.07. The fraction of sp³-hybridized carbons (Fsp3) is 0.591. The fourth-order valence-electron chi connectivity index (χ4n) is 4.59. The molecule has 4 rings (SSSR count). The molecule has 7 heteroatoms. The molecule has 29 heavy (non-hydrogen) atoms. The topological polar surface area (TPSA) is 58.3 Å². The van der Waals surface area contributed by atoms with Crippen molar-refractivity contribution in [2.75, 3.05) is 19.6 Å². The van der Waals surface area contributed by atoms with Crippen molar-refractivity contribution in [1.82, 2.24) is 25.0 Å². The lowest BCUT2D eigenvalue weighted by molar-refractivity contribution is 0.234. The molecular formula is C22H33IN6. The molecule has 2 aliphatic rings. The van der Waals surface area contributed by atoms with Gasteiger partial charge in [-0.15, -0.1) is 34.2 Å². The molecule has 1 aromatic carbocycles. The molecule has 0 radical (unpaired) electrons. The van der Waals surface area contributed by atoms with E-state index in [1.54, 1.807) is 0 Å². The van der Waals surface area contributed by atoms with Crippen LogP contribution in [0.25, 0.3) is 0 Å². The van der Waals surface area contributed by atoms with Gasteiger partial charge >= 0.3 is 0 Å². The maximum atomic E-state index is 4.93. The Morgan fingerprint density at radius 2 is 2.00 bits per heavy atom. The van der Waals surface area contributed by atoms with Crippen molar-refractivity contribution in [3.63, 3.8) is 0 Å². The molecule has 158 valence electrons. The summed E-state index contributed by atoms with van der Waals surface area (Å²) in [6.07, 6.45) is 4.64. The summed E-state index contributed by atoms with van der Waals surface area (Å²) in [5, 5.41) is 12.2. The van der Waals surface area contributed by atoms with E-state index in [0.717, 1.165) is 56.6 Å². The quantitative estimate of drug-likeness (QED) is 0.388. The number of aryl methyl sites for hydroxylation is 1. The van der Waals surface area contributed by atoms with E-state index in [-0.39, 0.29) is 24.0 Å². The second kappa shape index (κ2) is 10.4. The Bertz CT molecular complexity index is 803. The average molecular weight is 508 g/mol. The lowest BCUT2D eigenvalue weighted by Gasteiger charge is -2.39. The zero-order valence-corrected chi connectivity index (χ0v) is 19.9. The SMILES string of the molecule is CCNC(=NCc1nnc2n1CCCC2)N1CCC(c2ccccc2)C(C)C1.I. The van der Waals surface area contributed by atoms with Crippen LogP contribution in [0.4, 0.5) is 0 Å². The van der Waals surface area contributed by atoms with Gasteiger partial charge in [-0.1, -0.05) is 37.3 Å². The van der Waals surface area contributed by atoms with Crippen LogP contribution < -0.4 is 5.32 Å². The molecule has 3 heterocycles. The van der Waals surface area contributed by atoms with Crippen LogP contribution >= 0.6 is 24.0 Å². The summed E-state index contributed by atoms with van der Waals surface area (Å²) >= 11 is 0. The molecule has 0 saturated carbocycles. The van der Waals surface area contributed by atoms with Crippen LogP contribution in [0.5, 0.6) is 0 Å². The third kappa shape index (κ3) is 5.10. The van der Waals surface area contributed by atoms with Crippen molar-refractivity contribution in [2.45, 2.75) is 58.5 Å². The lowest BCUT2D eigenvalue weighted by Crippen LogP contribution is -2.48. The molecular weight excluding hydrogens is 475 g/mol. The number of nitrogens with one attached hydrogen (secondary N) is 1. The van der Waals surface area contributed by atoms with Crippen LogP contribution in [-0.2, 0) is 19.5 Å². The highest BCUT2D eigenvalue weighted by atomic mass is 127. The summed E-state index contributed by atoms with van der Waals surface area (Å²) in [6.45, 7) is 9.07. The predicted molar refractivity (Wildman–Crippen MR) is 128 cm³/mol. The Morgan fingerprint density at radius 1 is 1.17 bits per heavy atom. The molecule has 2 unspecified atom stereocenters. The summed E-state index contributed by atoms with van der Waals surface area (Å²) in [5.41, 5.74) is 1.46. The average Bonchev–Trinajstić information content (AvgIpc) is 3.15. The largest absolute Gasteiger partial charge is 0.357 e. The minimum atomic E-state index is 0. The number of aliphatic imine (C=N–C) groups is 1. The van der Waals surface area contributed by atoms with Crippen molar-refractivity contribution in [3.05, 3.63) is 47.5 Å². The number of nitrogens with zero attached hydrogens (tertiary/aromatic N) is 5. The zero-order chi connectivity index (χ0) is 19.3. The van der Waals surface area contributed by atoms with Crippen LogP contribution in [0.15, 0.2) is 35.3 Å². The van der Waals surface area contributed by atoms with Gasteiger partial charge in [0.2, 0.25) is 0 Å². The van der Waals surface area contributed by atoms with E-state index in [4.69, 9.17) is 4.99 Å². The van der Waals surface area contributed by atoms with E-state index in [1.807, 2.05) is 0 Å². The van der Waals surface area contributed by atoms with E-state index in [9.17, 15) is 0 Å². The van der Waals surface area contributed by atoms with Gasteiger partial charge in [0.15, 0.2) is 11.8 Å². The smallest absolute Gasteiger partial charge is 0.194 e. The summed E-state index contributed by atoms with van der Waals surface area (Å²) in [7, 11) is 0. The minimum absolute atomic E-state index is 0. The number of hydrogen-bond acceptors (Lipinski definition) is 3. The summed E-state index contributed by atoms with van der Waals surface area (Å²) in [5.74, 6) is 4.36. The molecule has 1 fully saturated rings. The van der Waals surface area contributed by atoms with Gasteiger partial charge in [0.25, 0.3) is 0 Å². The van der Waals surface area contributed by atoms with Crippen LogP contribution in [0.2, 0.25) is 0 Å². The van der Waals surface area contributed by atoms with E-state index < -0.39 is 0 Å². The van der Waals surface area contributed by atoms with Crippen molar-refractivity contribution >= 4 is 29.9 Å². The van der Waals surface area contributed by atoms with Crippen LogP contribution in [0.3, 0.4) is 0 Å². The van der Waals surface area contributed by atoms with Crippen molar-refractivity contribution < 1.29 is 0 Å². The van der Waals surface area contributed by atoms with E-state index in [1.165, 1.54) is 18.4 Å². The van der Waals surface area contributed by atoms with Gasteiger partial charge in [-0.25, -0.2) is 4.99 Å². The highest BCUT2D eigenvalue weighted by molar-refractivity contribution is 14.0. The second-order valence-electron chi connectivity index (χ2n) is 8.04. The molecule has 0 spiro atoms. The Morgan fingerprint density at radius 3 is 2.76 bits per heavy atom. The van der Waals surface area contributed by atoms with Crippen LogP contribution in [0, 0.1) is 5.92 Å². The number of piperidine rings is 1. The number of benzene rings is 1. The number of hydrogen-bond donors (Lipinski definition) is 1. The van der Waals surface area contributed by atoms with E-state index >= 15 is 0 Å². The zero-order valence-electron chi connectivity index (χ0n) is 17.5. The Balaban J connectivity index is 0.00000240. The number of rotatable bonds is 4. The summed E-state index contributed by atoms with van der Waals surface area (Å²) in [6, 6.07) is 10.9. The maximum Gasteiger partial charge on any atom is 0.194 e. The highest BCUT2D eigenvalue weighted by Gasteiger charge is 2.28. The molecule has 1 N–H and O–H groups in total. The lowest BCUT2D eigenvalue weighted by atomic mass is 9.82. The van der Waals surface area contributed by atoms with E-state index in [2.05, 4.69) is 69.2 Å².